The maximum atomic E-state index is 9.50. The fourth-order valence-electron chi connectivity index (χ4n) is 4.69. The first-order chi connectivity index (χ1) is 13.1. The van der Waals surface area contributed by atoms with E-state index in [9.17, 15) is 4.39 Å². The molecule has 0 spiro atoms. The van der Waals surface area contributed by atoms with E-state index in [1.807, 2.05) is 6.08 Å². The fourth-order valence-corrected chi connectivity index (χ4v) is 4.87. The summed E-state index contributed by atoms with van der Waals surface area (Å²) in [6.07, 6.45) is 11.2. The third-order valence-electron chi connectivity index (χ3n) is 6.09. The van der Waals surface area contributed by atoms with Gasteiger partial charge >= 0.3 is 0 Å². The lowest BCUT2D eigenvalue weighted by Crippen LogP contribution is -2.31. The summed E-state index contributed by atoms with van der Waals surface area (Å²) >= 11 is 6.36. The van der Waals surface area contributed by atoms with Gasteiger partial charge in [-0.05, 0) is 61.8 Å². The molecule has 1 nitrogen and oxygen atoms in total. The van der Waals surface area contributed by atoms with Crippen molar-refractivity contribution in [2.45, 2.75) is 71.1 Å². The zero-order chi connectivity index (χ0) is 20.3. The summed E-state index contributed by atoms with van der Waals surface area (Å²) in [5.41, 5.74) is 3.01. The van der Waals surface area contributed by atoms with Crippen molar-refractivity contribution in [3.63, 3.8) is 0 Å². The largest absolute Gasteiger partial charge is 0.316 e. The van der Waals surface area contributed by atoms with E-state index in [1.165, 1.54) is 62.6 Å². The Balaban J connectivity index is 0.000000392. The van der Waals surface area contributed by atoms with Crippen LogP contribution in [0.15, 0.2) is 30.9 Å². The summed E-state index contributed by atoms with van der Waals surface area (Å²) in [5.74, 6) is 1.72. The van der Waals surface area contributed by atoms with E-state index in [0.717, 1.165) is 23.4 Å². The van der Waals surface area contributed by atoms with Crippen LogP contribution >= 0.6 is 11.6 Å². The average Bonchev–Trinajstić information content (AvgIpc) is 3.22. The van der Waals surface area contributed by atoms with Crippen molar-refractivity contribution in [1.29, 1.82) is 0 Å². The normalized spacial score (nSPS) is 25.7. The van der Waals surface area contributed by atoms with Crippen LogP contribution in [0.5, 0.6) is 0 Å². The minimum atomic E-state index is 0.358. The van der Waals surface area contributed by atoms with Gasteiger partial charge in [0.25, 0.3) is 0 Å². The Morgan fingerprint density at radius 3 is 2.59 bits per heavy atom. The summed E-state index contributed by atoms with van der Waals surface area (Å²) in [5, 5.41) is 4.54. The zero-order valence-corrected chi connectivity index (χ0v) is 18.5. The predicted octanol–water partition coefficient (Wildman–Crippen LogP) is 7.26. The van der Waals surface area contributed by atoms with Crippen LogP contribution in [0.25, 0.3) is 0 Å². The second kappa shape index (κ2) is 12.6. The first-order valence-electron chi connectivity index (χ1n) is 10.5. The Bertz CT molecular complexity index is 559. The third-order valence-corrected chi connectivity index (χ3v) is 6.50. The molecule has 0 aromatic heterocycles. The highest BCUT2D eigenvalue weighted by molar-refractivity contribution is 6.31. The molecule has 1 aromatic rings. The van der Waals surface area contributed by atoms with Crippen molar-refractivity contribution >= 4 is 11.6 Å². The molecule has 154 valence electrons. The van der Waals surface area contributed by atoms with E-state index in [4.69, 9.17) is 11.6 Å². The van der Waals surface area contributed by atoms with Gasteiger partial charge in [0.15, 0.2) is 0 Å². The molecule has 3 atom stereocenters. The van der Waals surface area contributed by atoms with Crippen LogP contribution in [0.2, 0.25) is 5.02 Å². The topological polar surface area (TPSA) is 12.0 Å². The number of unbranched alkanes of at least 4 members (excludes halogenated alkanes) is 2. The number of benzene rings is 1. The minimum Gasteiger partial charge on any atom is -0.316 e. The van der Waals surface area contributed by atoms with Crippen molar-refractivity contribution in [3.8, 4) is 0 Å². The highest BCUT2D eigenvalue weighted by Crippen LogP contribution is 2.52. The second-order valence-electron chi connectivity index (χ2n) is 7.97. The van der Waals surface area contributed by atoms with Gasteiger partial charge in [-0.2, -0.15) is 0 Å². The second-order valence-corrected chi connectivity index (χ2v) is 8.38. The molecule has 1 aliphatic carbocycles. The highest BCUT2D eigenvalue weighted by atomic mass is 35.5. The van der Waals surface area contributed by atoms with Crippen LogP contribution < -0.4 is 5.32 Å². The summed E-state index contributed by atoms with van der Waals surface area (Å²) in [6, 6.07) is 6.73. The van der Waals surface area contributed by atoms with E-state index in [2.05, 4.69) is 50.9 Å². The number of rotatable bonds is 6. The van der Waals surface area contributed by atoms with Gasteiger partial charge in [0.1, 0.15) is 0 Å². The number of fused-ring (bicyclic) bond motifs is 1. The van der Waals surface area contributed by atoms with Crippen LogP contribution in [-0.2, 0) is 5.41 Å². The molecule has 1 unspecified atom stereocenters. The average molecular weight is 396 g/mol. The summed E-state index contributed by atoms with van der Waals surface area (Å²) < 4.78 is 9.50. The number of halogens is 2. The molecule has 1 aliphatic heterocycles. The van der Waals surface area contributed by atoms with Gasteiger partial charge in [0, 0.05) is 17.0 Å². The number of alkyl halides is 1. The van der Waals surface area contributed by atoms with Crippen molar-refractivity contribution in [2.24, 2.45) is 11.8 Å². The number of hydrogen-bond acceptors (Lipinski definition) is 1. The molecule has 1 saturated heterocycles. The van der Waals surface area contributed by atoms with E-state index < -0.39 is 0 Å². The van der Waals surface area contributed by atoms with Crippen molar-refractivity contribution in [2.75, 3.05) is 20.3 Å². The summed E-state index contributed by atoms with van der Waals surface area (Å²) in [7, 11) is 0.500. The molecular formula is C24H39ClFN. The summed E-state index contributed by atoms with van der Waals surface area (Å²) in [6.45, 7) is 12.5. The number of allylic oxidation sites excluding steroid dienone is 1. The minimum absolute atomic E-state index is 0.358. The Hall–Kier alpha value is -0.860. The van der Waals surface area contributed by atoms with Crippen molar-refractivity contribution in [3.05, 3.63) is 47.0 Å². The SMILES string of the molecule is C=CCCCC.CCCC1C[C@@H]2CNC[C@]2(c2ccc(C)c(Cl)c2)C1.CF. The van der Waals surface area contributed by atoms with Crippen LogP contribution in [0.1, 0.15) is 69.9 Å². The lowest BCUT2D eigenvalue weighted by Gasteiger charge is -2.30. The lowest BCUT2D eigenvalue weighted by atomic mass is 9.74. The van der Waals surface area contributed by atoms with Gasteiger partial charge in [0.2, 0.25) is 0 Å². The van der Waals surface area contributed by atoms with Crippen molar-refractivity contribution < 1.29 is 4.39 Å². The fraction of sp³-hybridized carbons (Fsp3) is 0.667. The standard InChI is InChI=1S/C17H24ClN.C6H12.CH3F/c1-3-4-13-7-15-10-19-11-17(15,9-13)14-6-5-12(2)16(18)8-14;1-3-5-6-4-2;1-2/h5-6,8,13,15,19H,3-4,7,9-11H2,1-2H3;3H,1,4-6H2,2H3;1H3/t13?,15-,17+;;/m1../s1. The van der Waals surface area contributed by atoms with E-state index in [1.54, 1.807) is 0 Å². The Labute approximate surface area is 171 Å². The van der Waals surface area contributed by atoms with Gasteiger partial charge in [-0.25, -0.2) is 0 Å². The predicted molar refractivity (Wildman–Crippen MR) is 119 cm³/mol. The van der Waals surface area contributed by atoms with Gasteiger partial charge in [-0.15, -0.1) is 6.58 Å². The Morgan fingerprint density at radius 1 is 1.30 bits per heavy atom. The highest BCUT2D eigenvalue weighted by Gasteiger charge is 2.50. The van der Waals surface area contributed by atoms with Crippen LogP contribution in [-0.4, -0.2) is 20.3 Å². The number of nitrogens with one attached hydrogen (secondary N) is 1. The molecule has 1 heterocycles. The Morgan fingerprint density at radius 2 is 2.04 bits per heavy atom. The zero-order valence-electron chi connectivity index (χ0n) is 17.8. The van der Waals surface area contributed by atoms with Gasteiger partial charge in [-0.3, -0.25) is 4.39 Å². The van der Waals surface area contributed by atoms with Crippen LogP contribution in [0, 0.1) is 18.8 Å². The molecule has 2 fully saturated rings. The van der Waals surface area contributed by atoms with E-state index in [-0.39, 0.29) is 0 Å². The Kier molecular flexibility index (Phi) is 11.3. The quantitative estimate of drug-likeness (QED) is 0.394. The lowest BCUT2D eigenvalue weighted by molar-refractivity contribution is 0.393. The maximum absolute atomic E-state index is 9.50. The molecule has 27 heavy (non-hydrogen) atoms. The van der Waals surface area contributed by atoms with Gasteiger partial charge in [0.05, 0.1) is 7.18 Å². The molecule has 0 bridgehead atoms. The smallest absolute Gasteiger partial charge is 0.0785 e. The molecule has 1 N–H and O–H groups in total. The molecule has 3 heteroatoms. The molecule has 1 saturated carbocycles. The van der Waals surface area contributed by atoms with Gasteiger partial charge in [-0.1, -0.05) is 69.3 Å². The van der Waals surface area contributed by atoms with Crippen molar-refractivity contribution in [1.82, 2.24) is 5.32 Å². The van der Waals surface area contributed by atoms with Gasteiger partial charge < -0.3 is 5.32 Å². The first kappa shape index (κ1) is 24.2. The number of aryl methyl sites for hydroxylation is 1. The third kappa shape index (κ3) is 6.32. The molecule has 0 radical (unpaired) electrons. The van der Waals surface area contributed by atoms with E-state index in [0.29, 0.717) is 12.6 Å². The molecule has 2 aliphatic rings. The maximum Gasteiger partial charge on any atom is 0.0785 e. The molecule has 1 aromatic carbocycles. The number of hydrogen-bond donors (Lipinski definition) is 1. The summed E-state index contributed by atoms with van der Waals surface area (Å²) in [4.78, 5) is 0. The molecular weight excluding hydrogens is 357 g/mol. The monoisotopic (exact) mass is 395 g/mol. The van der Waals surface area contributed by atoms with E-state index >= 15 is 0 Å². The van der Waals surface area contributed by atoms with Crippen LogP contribution in [0.3, 0.4) is 0 Å². The first-order valence-corrected chi connectivity index (χ1v) is 10.9. The molecule has 0 amide bonds. The van der Waals surface area contributed by atoms with Crippen LogP contribution in [0.4, 0.5) is 4.39 Å². The molecule has 3 rings (SSSR count).